The van der Waals surface area contributed by atoms with Gasteiger partial charge in [-0.25, -0.2) is 4.99 Å². The fraction of sp³-hybridized carbons (Fsp3) is 0.240. The lowest BCUT2D eigenvalue weighted by atomic mass is 10.0. The number of benzene rings is 3. The maximum absolute atomic E-state index is 5.05. The van der Waals surface area contributed by atoms with E-state index in [0.717, 1.165) is 22.8 Å². The van der Waals surface area contributed by atoms with E-state index in [0.29, 0.717) is 11.8 Å². The molecule has 2 heteroatoms. The Labute approximate surface area is 163 Å². The van der Waals surface area contributed by atoms with Gasteiger partial charge in [-0.1, -0.05) is 94.4 Å². The van der Waals surface area contributed by atoms with Gasteiger partial charge in [0.15, 0.2) is 0 Å². The summed E-state index contributed by atoms with van der Waals surface area (Å²) in [5.74, 6) is 1.73. The van der Waals surface area contributed by atoms with Gasteiger partial charge in [-0.3, -0.25) is 0 Å². The molecule has 0 aliphatic rings. The Kier molecular flexibility index (Phi) is 6.08. The minimum Gasteiger partial charge on any atom is -0.339 e. The predicted molar refractivity (Wildman–Crippen MR) is 117 cm³/mol. The Hall–Kier alpha value is -2.87. The van der Waals surface area contributed by atoms with Gasteiger partial charge in [-0.15, -0.1) is 0 Å². The van der Waals surface area contributed by atoms with Gasteiger partial charge in [0.05, 0.1) is 5.69 Å². The van der Waals surface area contributed by atoms with Gasteiger partial charge in [0, 0.05) is 11.3 Å². The summed E-state index contributed by atoms with van der Waals surface area (Å²) in [6.45, 7) is 8.85. The molecule has 0 aliphatic carbocycles. The number of nitrogens with zero attached hydrogens (tertiary/aromatic N) is 1. The Morgan fingerprint density at radius 1 is 0.667 bits per heavy atom. The molecule has 0 bridgehead atoms. The second-order valence-corrected chi connectivity index (χ2v) is 7.41. The number of hydrogen-bond donors (Lipinski definition) is 1. The van der Waals surface area contributed by atoms with Crippen molar-refractivity contribution in [1.29, 1.82) is 0 Å². The molecule has 27 heavy (non-hydrogen) atoms. The monoisotopic (exact) mass is 356 g/mol. The van der Waals surface area contributed by atoms with Crippen LogP contribution in [0.1, 0.15) is 56.2 Å². The number of hydrogen-bond acceptors (Lipinski definition) is 1. The van der Waals surface area contributed by atoms with Crippen LogP contribution in [-0.2, 0) is 0 Å². The minimum absolute atomic E-state index is 0.421. The Balaban J connectivity index is 2.09. The number of aliphatic imine (C=N–C) groups is 1. The van der Waals surface area contributed by atoms with Gasteiger partial charge in [-0.05, 0) is 35.1 Å². The average molecular weight is 357 g/mol. The van der Waals surface area contributed by atoms with Crippen molar-refractivity contribution in [2.75, 3.05) is 5.32 Å². The first-order valence-electron chi connectivity index (χ1n) is 9.65. The minimum atomic E-state index is 0.421. The number of nitrogens with one attached hydrogen (secondary N) is 1. The highest BCUT2D eigenvalue weighted by molar-refractivity contribution is 6.09. The van der Waals surface area contributed by atoms with E-state index >= 15 is 0 Å². The molecule has 3 rings (SSSR count). The Morgan fingerprint density at radius 2 is 1.22 bits per heavy atom. The maximum atomic E-state index is 5.05. The van der Waals surface area contributed by atoms with Crippen LogP contribution in [0.4, 0.5) is 11.4 Å². The fourth-order valence-corrected chi connectivity index (χ4v) is 3.20. The third-order valence-corrected chi connectivity index (χ3v) is 4.67. The van der Waals surface area contributed by atoms with E-state index in [-0.39, 0.29) is 0 Å². The van der Waals surface area contributed by atoms with Gasteiger partial charge in [-0.2, -0.15) is 0 Å². The van der Waals surface area contributed by atoms with Gasteiger partial charge in [0.2, 0.25) is 0 Å². The lowest BCUT2D eigenvalue weighted by Gasteiger charge is -2.17. The summed E-state index contributed by atoms with van der Waals surface area (Å²) < 4.78 is 0. The molecular weight excluding hydrogens is 328 g/mol. The summed E-state index contributed by atoms with van der Waals surface area (Å²) in [6, 6.07) is 27.2. The van der Waals surface area contributed by atoms with Crippen molar-refractivity contribution in [3.05, 3.63) is 95.6 Å². The topological polar surface area (TPSA) is 24.4 Å². The zero-order valence-electron chi connectivity index (χ0n) is 16.6. The SMILES string of the molecule is CC(C)c1ccccc1N=C(Nc1ccccc1C(C)C)c1ccccc1. The molecule has 0 heterocycles. The molecule has 0 aliphatic heterocycles. The molecule has 3 aromatic carbocycles. The van der Waals surface area contributed by atoms with E-state index in [1.54, 1.807) is 0 Å². The first kappa shape index (κ1) is 18.9. The summed E-state index contributed by atoms with van der Waals surface area (Å²) in [5, 5.41) is 3.61. The predicted octanol–water partition coefficient (Wildman–Crippen LogP) is 7.12. The van der Waals surface area contributed by atoms with Crippen LogP contribution >= 0.6 is 0 Å². The number of amidine groups is 1. The van der Waals surface area contributed by atoms with E-state index in [4.69, 9.17) is 4.99 Å². The van der Waals surface area contributed by atoms with Gasteiger partial charge < -0.3 is 5.32 Å². The van der Waals surface area contributed by atoms with Crippen molar-refractivity contribution in [2.45, 2.75) is 39.5 Å². The highest BCUT2D eigenvalue weighted by Gasteiger charge is 2.12. The standard InChI is InChI=1S/C25H28N2/c1-18(2)21-14-8-10-16-23(21)26-25(20-12-6-5-7-13-20)27-24-17-11-9-15-22(24)19(3)4/h5-19H,1-4H3,(H,26,27). The summed E-state index contributed by atoms with van der Waals surface area (Å²) in [5.41, 5.74) is 5.75. The summed E-state index contributed by atoms with van der Waals surface area (Å²) in [4.78, 5) is 5.05. The Bertz CT molecular complexity index is 908. The summed E-state index contributed by atoms with van der Waals surface area (Å²) in [6.07, 6.45) is 0. The van der Waals surface area contributed by atoms with Crippen LogP contribution in [0.15, 0.2) is 83.9 Å². The first-order chi connectivity index (χ1) is 13.1. The van der Waals surface area contributed by atoms with Crippen LogP contribution < -0.4 is 5.32 Å². The lowest BCUT2D eigenvalue weighted by molar-refractivity contribution is 0.866. The van der Waals surface area contributed by atoms with Crippen molar-refractivity contribution in [3.8, 4) is 0 Å². The summed E-state index contributed by atoms with van der Waals surface area (Å²) >= 11 is 0. The van der Waals surface area contributed by atoms with Crippen molar-refractivity contribution in [3.63, 3.8) is 0 Å². The van der Waals surface area contributed by atoms with Crippen molar-refractivity contribution in [2.24, 2.45) is 4.99 Å². The van der Waals surface area contributed by atoms with Crippen molar-refractivity contribution < 1.29 is 0 Å². The van der Waals surface area contributed by atoms with Crippen LogP contribution in [0.2, 0.25) is 0 Å². The van der Waals surface area contributed by atoms with Gasteiger partial charge >= 0.3 is 0 Å². The molecule has 0 fully saturated rings. The molecule has 3 aromatic rings. The second kappa shape index (κ2) is 8.68. The zero-order valence-corrected chi connectivity index (χ0v) is 16.6. The number of rotatable bonds is 5. The second-order valence-electron chi connectivity index (χ2n) is 7.41. The molecule has 0 amide bonds. The van der Waals surface area contributed by atoms with E-state index in [1.165, 1.54) is 11.1 Å². The van der Waals surface area contributed by atoms with E-state index < -0.39 is 0 Å². The smallest absolute Gasteiger partial charge is 0.138 e. The third-order valence-electron chi connectivity index (χ3n) is 4.67. The first-order valence-corrected chi connectivity index (χ1v) is 9.65. The molecular formula is C25H28N2. The molecule has 0 atom stereocenters. The molecule has 0 spiro atoms. The van der Waals surface area contributed by atoms with Crippen LogP contribution in [0.5, 0.6) is 0 Å². The van der Waals surface area contributed by atoms with Crippen LogP contribution in [0, 0.1) is 0 Å². The molecule has 0 aromatic heterocycles. The van der Waals surface area contributed by atoms with Crippen molar-refractivity contribution >= 4 is 17.2 Å². The van der Waals surface area contributed by atoms with Crippen molar-refractivity contribution in [1.82, 2.24) is 0 Å². The molecule has 2 nitrogen and oxygen atoms in total. The Morgan fingerprint density at radius 3 is 1.89 bits per heavy atom. The number of anilines is 1. The highest BCUT2D eigenvalue weighted by atomic mass is 15.0. The van der Waals surface area contributed by atoms with E-state index in [9.17, 15) is 0 Å². The largest absolute Gasteiger partial charge is 0.339 e. The fourth-order valence-electron chi connectivity index (χ4n) is 3.20. The third kappa shape index (κ3) is 4.65. The van der Waals surface area contributed by atoms with E-state index in [1.807, 2.05) is 6.07 Å². The molecule has 0 saturated heterocycles. The van der Waals surface area contributed by atoms with E-state index in [2.05, 4.69) is 106 Å². The summed E-state index contributed by atoms with van der Waals surface area (Å²) in [7, 11) is 0. The molecule has 0 radical (unpaired) electrons. The molecule has 1 N–H and O–H groups in total. The lowest BCUT2D eigenvalue weighted by Crippen LogP contribution is -2.15. The number of para-hydroxylation sites is 2. The highest BCUT2D eigenvalue weighted by Crippen LogP contribution is 2.29. The molecule has 138 valence electrons. The van der Waals surface area contributed by atoms with Crippen LogP contribution in [0.3, 0.4) is 0 Å². The van der Waals surface area contributed by atoms with Gasteiger partial charge in [0.25, 0.3) is 0 Å². The van der Waals surface area contributed by atoms with Crippen LogP contribution in [0.25, 0.3) is 0 Å². The maximum Gasteiger partial charge on any atom is 0.138 e. The van der Waals surface area contributed by atoms with Gasteiger partial charge in [0.1, 0.15) is 5.84 Å². The quantitative estimate of drug-likeness (QED) is 0.382. The normalized spacial score (nSPS) is 11.9. The average Bonchev–Trinajstić information content (AvgIpc) is 2.68. The zero-order chi connectivity index (χ0) is 19.2. The molecule has 0 saturated carbocycles. The van der Waals surface area contributed by atoms with Crippen LogP contribution in [-0.4, -0.2) is 5.84 Å². The molecule has 0 unspecified atom stereocenters.